The van der Waals surface area contributed by atoms with Crippen LogP contribution < -0.4 is 16.0 Å². The number of Topliss-reactive ketones (excluding diaryl/α,β-unsaturated/α-hetero) is 1. The summed E-state index contributed by atoms with van der Waals surface area (Å²) >= 11 is 0. The van der Waals surface area contributed by atoms with E-state index in [0.717, 1.165) is 0 Å². The summed E-state index contributed by atoms with van der Waals surface area (Å²) in [6.45, 7) is 33.4. The molecule has 10 amide bonds. The summed E-state index contributed by atoms with van der Waals surface area (Å²) in [6.07, 6.45) is 4.41. The highest BCUT2D eigenvalue weighted by molar-refractivity contribution is 5.99. The van der Waals surface area contributed by atoms with E-state index in [4.69, 9.17) is 0 Å². The van der Waals surface area contributed by atoms with Gasteiger partial charge in [-0.1, -0.05) is 116 Å². The second-order valence-electron chi connectivity index (χ2n) is 26.5. The minimum Gasteiger partial charge on any atom is -0.390 e. The molecule has 1 unspecified atom stereocenters. The molecule has 4 N–H and O–H groups in total. The number of allylic oxidation sites excluding steroid dienone is 2. The standard InChI is InChI=1S/C64H116N10O12/c1-27-29-30-43(16)55(77)54(46(19)75)74(26)64(86)53(41(13)14)73(25)62(84)50(34-39(9)10)72(24)61(83)49(33-38(7)8)71(23)60(82)45(18)66-56(78)44(17)65-57(79)48(32-37(5)6)70(22)63(85)52(40(11)12)67-58(80)47(31-36(3)4)69(21)51(76)35-68(20)59(81)42(15)28-2/h27,29,36-45,47-50,52-55,77H,28,30-35H2,1-26H3,(H,65,79)(H,66,78)(H,67,80)/b29-27+/t42-,43+,44-,45+,47-,48-,49-,50-,52-,53-,54?,55+/m0/s1. The van der Waals surface area contributed by atoms with Crippen molar-refractivity contribution in [3.05, 3.63) is 12.2 Å². The SMILES string of the molecule is C/C=C/C[C@@H](C)[C@@H](O)C(C(C)=O)N(C)C(=O)[C@H](C(C)C)N(C)C(=O)[C@H](CC(C)C)N(C)C(=O)[C@H](CC(C)C)N(C)C(=O)[C@@H](C)NC(=O)[C@H](C)NC(=O)[C@H](CC(C)C)N(C)C(=O)[C@@H](NC(=O)[C@H](CC(C)C)N(C)C(=O)CN(C)C(=O)[C@@H](C)CC)C(C)C. The van der Waals surface area contributed by atoms with Crippen molar-refractivity contribution >= 4 is 64.9 Å². The summed E-state index contributed by atoms with van der Waals surface area (Å²) in [4.78, 5) is 164. The van der Waals surface area contributed by atoms with Crippen LogP contribution >= 0.6 is 0 Å². The molecule has 0 saturated carbocycles. The molecule has 0 bridgehead atoms. The Balaban J connectivity index is 6.72. The van der Waals surface area contributed by atoms with Crippen molar-refractivity contribution < 1.29 is 57.8 Å². The van der Waals surface area contributed by atoms with Gasteiger partial charge in [-0.2, -0.15) is 0 Å². The molecule has 0 aromatic carbocycles. The van der Waals surface area contributed by atoms with Crippen molar-refractivity contribution in [2.45, 2.75) is 231 Å². The van der Waals surface area contributed by atoms with E-state index >= 15 is 0 Å². The van der Waals surface area contributed by atoms with E-state index in [2.05, 4.69) is 16.0 Å². The van der Waals surface area contributed by atoms with E-state index in [1.54, 1.807) is 48.6 Å². The Kier molecular flexibility index (Phi) is 34.5. The predicted octanol–water partition coefficient (Wildman–Crippen LogP) is 5.00. The zero-order chi connectivity index (χ0) is 67.3. The summed E-state index contributed by atoms with van der Waals surface area (Å²) in [6, 6.07) is -10.1. The molecule has 494 valence electrons. The Labute approximate surface area is 517 Å². The lowest BCUT2D eigenvalue weighted by atomic mass is 9.90. The van der Waals surface area contributed by atoms with Gasteiger partial charge in [0, 0.05) is 55.3 Å². The first kappa shape index (κ1) is 80.1. The van der Waals surface area contributed by atoms with Crippen molar-refractivity contribution in [1.82, 2.24) is 50.2 Å². The van der Waals surface area contributed by atoms with Crippen molar-refractivity contribution in [1.29, 1.82) is 0 Å². The monoisotopic (exact) mass is 1220 g/mol. The van der Waals surface area contributed by atoms with Crippen molar-refractivity contribution in [3.63, 3.8) is 0 Å². The Bertz CT molecular complexity index is 2310. The number of carbonyl (C=O) groups excluding carboxylic acids is 11. The smallest absolute Gasteiger partial charge is 0.246 e. The van der Waals surface area contributed by atoms with Crippen LogP contribution in [0.25, 0.3) is 0 Å². The van der Waals surface area contributed by atoms with Crippen LogP contribution in [-0.4, -0.2) is 221 Å². The Morgan fingerprint density at radius 2 is 0.837 bits per heavy atom. The molecule has 0 aromatic rings. The number of nitrogens with zero attached hydrogens (tertiary/aromatic N) is 7. The maximum Gasteiger partial charge on any atom is 0.246 e. The molecule has 0 fully saturated rings. The maximum absolute atomic E-state index is 14.9. The number of hydrogen-bond donors (Lipinski definition) is 4. The number of amides is 10. The molecule has 22 heteroatoms. The predicted molar refractivity (Wildman–Crippen MR) is 336 cm³/mol. The normalized spacial score (nSPS) is 16.0. The summed E-state index contributed by atoms with van der Waals surface area (Å²) in [7, 11) is 10.3. The molecule has 0 aliphatic heterocycles. The lowest BCUT2D eigenvalue weighted by Gasteiger charge is -2.41. The summed E-state index contributed by atoms with van der Waals surface area (Å²) in [5.74, 6) is -7.86. The number of ketones is 1. The third-order valence-corrected chi connectivity index (χ3v) is 16.2. The van der Waals surface area contributed by atoms with Crippen LogP contribution in [0.15, 0.2) is 12.2 Å². The summed E-state index contributed by atoms with van der Waals surface area (Å²) < 4.78 is 0. The maximum atomic E-state index is 14.9. The van der Waals surface area contributed by atoms with E-state index in [1.807, 2.05) is 81.4 Å². The first-order chi connectivity index (χ1) is 39.5. The Hall–Kier alpha value is -5.93. The number of carbonyl (C=O) groups is 11. The quantitative estimate of drug-likeness (QED) is 0.0605. The van der Waals surface area contributed by atoms with Crippen LogP contribution in [0, 0.1) is 47.3 Å². The number of rotatable bonds is 36. The Morgan fingerprint density at radius 3 is 1.26 bits per heavy atom. The van der Waals surface area contributed by atoms with Gasteiger partial charge in [-0.05, 0) is 108 Å². The molecule has 86 heavy (non-hydrogen) atoms. The van der Waals surface area contributed by atoms with Crippen LogP contribution in [0.1, 0.15) is 170 Å². The van der Waals surface area contributed by atoms with Gasteiger partial charge in [0.15, 0.2) is 5.78 Å². The van der Waals surface area contributed by atoms with Gasteiger partial charge in [0.25, 0.3) is 0 Å². The number of aliphatic hydroxyl groups excluding tert-OH is 1. The fraction of sp³-hybridized carbons (Fsp3) is 0.797. The van der Waals surface area contributed by atoms with E-state index in [1.165, 1.54) is 97.4 Å². The van der Waals surface area contributed by atoms with E-state index in [0.29, 0.717) is 12.8 Å². The van der Waals surface area contributed by atoms with Gasteiger partial charge >= 0.3 is 0 Å². The lowest BCUT2D eigenvalue weighted by molar-refractivity contribution is -0.157. The topological polar surface area (TPSA) is 267 Å². The fourth-order valence-electron chi connectivity index (χ4n) is 10.6. The number of likely N-dealkylation sites (N-methyl/N-ethyl adjacent to an activating group) is 7. The number of hydrogen-bond acceptors (Lipinski definition) is 12. The molecule has 0 saturated heterocycles. The highest BCUT2D eigenvalue weighted by Crippen LogP contribution is 2.25. The van der Waals surface area contributed by atoms with E-state index < -0.39 is 131 Å². The summed E-state index contributed by atoms with van der Waals surface area (Å²) in [5, 5.41) is 19.6. The second kappa shape index (κ2) is 37.0. The second-order valence-corrected chi connectivity index (χ2v) is 26.5. The molecule has 0 radical (unpaired) electrons. The molecule has 0 aromatic heterocycles. The number of nitrogens with one attached hydrogen (secondary N) is 3. The molecule has 0 spiro atoms. The molecule has 0 aliphatic carbocycles. The minimum atomic E-state index is -1.23. The van der Waals surface area contributed by atoms with Crippen molar-refractivity contribution in [2.75, 3.05) is 55.9 Å². The van der Waals surface area contributed by atoms with Crippen LogP contribution in [0.3, 0.4) is 0 Å². The van der Waals surface area contributed by atoms with Gasteiger partial charge in [0.05, 0.1) is 12.6 Å². The van der Waals surface area contributed by atoms with Crippen molar-refractivity contribution in [3.8, 4) is 0 Å². The fourth-order valence-corrected chi connectivity index (χ4v) is 10.6. The molecular weight excluding hydrogens is 1100 g/mol. The van der Waals surface area contributed by atoms with Gasteiger partial charge in [0.2, 0.25) is 59.1 Å². The molecule has 22 nitrogen and oxygen atoms in total. The Morgan fingerprint density at radius 1 is 0.442 bits per heavy atom. The zero-order valence-electron chi connectivity index (χ0n) is 57.6. The minimum absolute atomic E-state index is 0.0342. The molecule has 0 rings (SSSR count). The van der Waals surface area contributed by atoms with Crippen LogP contribution in [0.4, 0.5) is 0 Å². The molecule has 0 aliphatic rings. The third kappa shape index (κ3) is 23.6. The van der Waals surface area contributed by atoms with Crippen LogP contribution in [0.2, 0.25) is 0 Å². The van der Waals surface area contributed by atoms with Gasteiger partial charge < -0.3 is 55.4 Å². The van der Waals surface area contributed by atoms with Crippen LogP contribution in [-0.2, 0) is 52.7 Å². The number of aliphatic hydroxyl groups is 1. The molecule has 0 heterocycles. The first-order valence-electron chi connectivity index (χ1n) is 31.1. The lowest BCUT2D eigenvalue weighted by Crippen LogP contribution is -2.61. The highest BCUT2D eigenvalue weighted by Gasteiger charge is 2.44. The third-order valence-electron chi connectivity index (χ3n) is 16.2. The summed E-state index contributed by atoms with van der Waals surface area (Å²) in [5.41, 5.74) is 0. The highest BCUT2D eigenvalue weighted by atomic mass is 16.3. The van der Waals surface area contributed by atoms with E-state index in [-0.39, 0.29) is 73.6 Å². The van der Waals surface area contributed by atoms with Gasteiger partial charge in [-0.15, -0.1) is 0 Å². The van der Waals surface area contributed by atoms with Gasteiger partial charge in [-0.3, -0.25) is 52.7 Å². The zero-order valence-corrected chi connectivity index (χ0v) is 57.6. The average molecular weight is 1220 g/mol. The average Bonchev–Trinajstić information content (AvgIpc) is 3.34. The van der Waals surface area contributed by atoms with E-state index in [9.17, 15) is 57.8 Å². The van der Waals surface area contributed by atoms with Crippen LogP contribution in [0.5, 0.6) is 0 Å². The molecule has 12 atom stereocenters. The molecular formula is C64H116N10O12. The first-order valence-corrected chi connectivity index (χ1v) is 31.1. The largest absolute Gasteiger partial charge is 0.390 e. The van der Waals surface area contributed by atoms with Gasteiger partial charge in [-0.25, -0.2) is 0 Å². The van der Waals surface area contributed by atoms with Crippen molar-refractivity contribution in [2.24, 2.45) is 47.3 Å². The van der Waals surface area contributed by atoms with Gasteiger partial charge in [0.1, 0.15) is 54.4 Å².